The molecule has 0 spiro atoms. The van der Waals surface area contributed by atoms with Crippen LogP contribution in [0.5, 0.6) is 0 Å². The molecule has 0 amide bonds. The molecular formula is C16H13ClF2O3S. The van der Waals surface area contributed by atoms with E-state index in [9.17, 15) is 22.3 Å². The standard InChI is InChI=1S/C16H13ClF2O3S/c17-10-1-4-12(5-2-10)23(21,22)16(7-8-20)14-9-11(18)3-6-13(14)15(16)19/h1-6,9,15,20H,7-8H2. The Morgan fingerprint density at radius 1 is 1.17 bits per heavy atom. The highest BCUT2D eigenvalue weighted by atomic mass is 35.5. The molecule has 3 rings (SSSR count). The normalized spacial score (nSPS) is 23.2. The van der Waals surface area contributed by atoms with Crippen LogP contribution in [-0.2, 0) is 14.6 Å². The van der Waals surface area contributed by atoms with Gasteiger partial charge in [0.25, 0.3) is 0 Å². The average molecular weight is 359 g/mol. The number of aliphatic hydroxyl groups excluding tert-OH is 1. The van der Waals surface area contributed by atoms with Crippen LogP contribution >= 0.6 is 11.6 Å². The second-order valence-electron chi connectivity index (χ2n) is 5.41. The van der Waals surface area contributed by atoms with E-state index in [2.05, 4.69) is 0 Å². The van der Waals surface area contributed by atoms with Crippen molar-refractivity contribution in [2.75, 3.05) is 6.61 Å². The van der Waals surface area contributed by atoms with Crippen molar-refractivity contribution in [2.45, 2.75) is 22.2 Å². The summed E-state index contributed by atoms with van der Waals surface area (Å²) in [6.45, 7) is -0.538. The molecule has 2 aromatic carbocycles. The van der Waals surface area contributed by atoms with Gasteiger partial charge in [-0.3, -0.25) is 0 Å². The lowest BCUT2D eigenvalue weighted by Crippen LogP contribution is -2.49. The summed E-state index contributed by atoms with van der Waals surface area (Å²) in [5.74, 6) is -0.649. The molecule has 0 bridgehead atoms. The van der Waals surface area contributed by atoms with E-state index < -0.39 is 33.2 Å². The summed E-state index contributed by atoms with van der Waals surface area (Å²) < 4.78 is 52.3. The molecule has 1 aliphatic rings. The number of hydrogen-bond acceptors (Lipinski definition) is 3. The summed E-state index contributed by atoms with van der Waals surface area (Å²) in [5.41, 5.74) is 0.200. The number of sulfone groups is 1. The fourth-order valence-electron chi connectivity index (χ4n) is 3.09. The molecule has 0 saturated heterocycles. The van der Waals surface area contributed by atoms with Gasteiger partial charge in [0.05, 0.1) is 4.90 Å². The number of alkyl halides is 1. The summed E-state index contributed by atoms with van der Waals surface area (Å²) in [7, 11) is -4.18. The van der Waals surface area contributed by atoms with Crippen LogP contribution in [0.4, 0.5) is 8.78 Å². The van der Waals surface area contributed by atoms with Crippen LogP contribution in [0.2, 0.25) is 5.02 Å². The van der Waals surface area contributed by atoms with Crippen LogP contribution in [0.25, 0.3) is 0 Å². The lowest BCUT2D eigenvalue weighted by molar-refractivity contribution is 0.162. The number of hydrogen-bond donors (Lipinski definition) is 1. The van der Waals surface area contributed by atoms with Gasteiger partial charge >= 0.3 is 0 Å². The van der Waals surface area contributed by atoms with E-state index in [1.165, 1.54) is 30.3 Å². The monoisotopic (exact) mass is 358 g/mol. The van der Waals surface area contributed by atoms with E-state index in [0.29, 0.717) is 5.02 Å². The molecule has 0 heterocycles. The van der Waals surface area contributed by atoms with E-state index in [1.54, 1.807) is 0 Å². The molecule has 7 heteroatoms. The molecule has 0 fully saturated rings. The van der Waals surface area contributed by atoms with Crippen LogP contribution in [-0.4, -0.2) is 20.1 Å². The van der Waals surface area contributed by atoms with Crippen LogP contribution in [0, 0.1) is 5.82 Å². The Kier molecular flexibility index (Phi) is 3.94. The van der Waals surface area contributed by atoms with Gasteiger partial charge in [0.2, 0.25) is 0 Å². The van der Waals surface area contributed by atoms with Crippen molar-refractivity contribution in [3.05, 3.63) is 64.4 Å². The molecule has 2 aromatic rings. The van der Waals surface area contributed by atoms with Gasteiger partial charge < -0.3 is 5.11 Å². The zero-order valence-electron chi connectivity index (χ0n) is 11.8. The third kappa shape index (κ3) is 2.20. The molecule has 1 aliphatic carbocycles. The molecule has 0 radical (unpaired) electrons. The predicted octanol–water partition coefficient (Wildman–Crippen LogP) is 3.55. The van der Waals surface area contributed by atoms with E-state index in [4.69, 9.17) is 11.6 Å². The van der Waals surface area contributed by atoms with Crippen LogP contribution < -0.4 is 0 Å². The Labute approximate surface area is 137 Å². The first-order valence-corrected chi connectivity index (χ1v) is 8.76. The average Bonchev–Trinajstić information content (AvgIpc) is 2.52. The maximum Gasteiger partial charge on any atom is 0.191 e. The SMILES string of the molecule is O=S(=O)(c1ccc(Cl)cc1)C1(CCO)c2cc(F)ccc2C1F. The summed E-state index contributed by atoms with van der Waals surface area (Å²) in [6, 6.07) is 8.68. The summed E-state index contributed by atoms with van der Waals surface area (Å²) in [6.07, 6.45) is -2.18. The fourth-order valence-corrected chi connectivity index (χ4v) is 5.36. The van der Waals surface area contributed by atoms with E-state index in [0.717, 1.165) is 12.1 Å². The second kappa shape index (κ2) is 5.54. The van der Waals surface area contributed by atoms with Crippen molar-refractivity contribution < 1.29 is 22.3 Å². The van der Waals surface area contributed by atoms with E-state index in [-0.39, 0.29) is 22.4 Å². The smallest absolute Gasteiger partial charge is 0.191 e. The first-order chi connectivity index (χ1) is 10.8. The van der Waals surface area contributed by atoms with Gasteiger partial charge in [0.15, 0.2) is 9.84 Å². The number of fused-ring (bicyclic) bond motifs is 1. The van der Waals surface area contributed by atoms with Crippen molar-refractivity contribution in [3.63, 3.8) is 0 Å². The van der Waals surface area contributed by atoms with Crippen molar-refractivity contribution in [1.29, 1.82) is 0 Å². The molecule has 1 N–H and O–H groups in total. The van der Waals surface area contributed by atoms with Gasteiger partial charge in [-0.1, -0.05) is 17.7 Å². The summed E-state index contributed by atoms with van der Waals surface area (Å²) >= 11 is 5.76. The quantitative estimate of drug-likeness (QED) is 0.909. The van der Waals surface area contributed by atoms with Gasteiger partial charge in [-0.05, 0) is 53.9 Å². The fraction of sp³-hybridized carbons (Fsp3) is 0.250. The second-order valence-corrected chi connectivity index (χ2v) is 8.06. The first kappa shape index (κ1) is 16.4. The van der Waals surface area contributed by atoms with Crippen LogP contribution in [0.15, 0.2) is 47.4 Å². The first-order valence-electron chi connectivity index (χ1n) is 6.89. The number of rotatable bonds is 4. The summed E-state index contributed by atoms with van der Waals surface area (Å²) in [4.78, 5) is -0.118. The molecular weight excluding hydrogens is 346 g/mol. The van der Waals surface area contributed by atoms with Crippen LogP contribution in [0.3, 0.4) is 0 Å². The Morgan fingerprint density at radius 3 is 2.43 bits per heavy atom. The topological polar surface area (TPSA) is 54.4 Å². The molecule has 0 aromatic heterocycles. The lowest BCUT2D eigenvalue weighted by Gasteiger charge is -2.46. The zero-order chi connectivity index (χ0) is 16.8. The third-order valence-corrected chi connectivity index (χ3v) is 6.98. The Hall–Kier alpha value is -1.50. The largest absolute Gasteiger partial charge is 0.396 e. The lowest BCUT2D eigenvalue weighted by atomic mass is 9.73. The van der Waals surface area contributed by atoms with Gasteiger partial charge in [0, 0.05) is 11.6 Å². The molecule has 122 valence electrons. The van der Waals surface area contributed by atoms with Crippen molar-refractivity contribution in [2.24, 2.45) is 0 Å². The van der Waals surface area contributed by atoms with Gasteiger partial charge in [-0.15, -0.1) is 0 Å². The molecule has 2 unspecified atom stereocenters. The highest BCUT2D eigenvalue weighted by Crippen LogP contribution is 2.59. The maximum atomic E-state index is 14.8. The minimum atomic E-state index is -4.18. The van der Waals surface area contributed by atoms with Crippen molar-refractivity contribution in [1.82, 2.24) is 0 Å². The Bertz CT molecular complexity index is 852. The van der Waals surface area contributed by atoms with Gasteiger partial charge in [-0.2, -0.15) is 0 Å². The molecule has 3 nitrogen and oxygen atoms in total. The number of benzene rings is 2. The maximum absolute atomic E-state index is 14.8. The highest BCUT2D eigenvalue weighted by Gasteiger charge is 2.61. The zero-order valence-corrected chi connectivity index (χ0v) is 13.4. The summed E-state index contributed by atoms with van der Waals surface area (Å²) in [5, 5.41) is 9.63. The molecule has 0 saturated carbocycles. The van der Waals surface area contributed by atoms with Gasteiger partial charge in [0.1, 0.15) is 16.7 Å². The molecule has 0 aliphatic heterocycles. The Morgan fingerprint density at radius 2 is 1.83 bits per heavy atom. The number of aliphatic hydroxyl groups is 1. The molecule has 23 heavy (non-hydrogen) atoms. The minimum Gasteiger partial charge on any atom is -0.396 e. The van der Waals surface area contributed by atoms with E-state index in [1.807, 2.05) is 0 Å². The highest BCUT2D eigenvalue weighted by molar-refractivity contribution is 7.92. The molecule has 2 atom stereocenters. The van der Waals surface area contributed by atoms with Crippen LogP contribution in [0.1, 0.15) is 23.7 Å². The third-order valence-electron chi connectivity index (χ3n) is 4.24. The van der Waals surface area contributed by atoms with Gasteiger partial charge in [-0.25, -0.2) is 17.2 Å². The number of halogens is 3. The van der Waals surface area contributed by atoms with Crippen molar-refractivity contribution in [3.8, 4) is 0 Å². The van der Waals surface area contributed by atoms with Crippen molar-refractivity contribution >= 4 is 21.4 Å². The van der Waals surface area contributed by atoms with E-state index >= 15 is 0 Å². The predicted molar refractivity (Wildman–Crippen MR) is 82.3 cm³/mol. The minimum absolute atomic E-state index is 0.0639. The Balaban J connectivity index is 2.22.